The highest BCUT2D eigenvalue weighted by atomic mass is 35.5. The highest BCUT2D eigenvalue weighted by Gasteiger charge is 2.24. The summed E-state index contributed by atoms with van der Waals surface area (Å²) >= 11 is 6.10. The van der Waals surface area contributed by atoms with Crippen molar-refractivity contribution in [2.45, 2.75) is 44.2 Å². The Kier molecular flexibility index (Phi) is 6.32. The summed E-state index contributed by atoms with van der Waals surface area (Å²) in [5, 5.41) is 7.56. The van der Waals surface area contributed by atoms with Gasteiger partial charge < -0.3 is 10.6 Å². The quantitative estimate of drug-likeness (QED) is 0.495. The number of anilines is 1. The Hall–Kier alpha value is -2.80. The number of halogens is 4. The predicted molar refractivity (Wildman–Crippen MR) is 115 cm³/mol. The Morgan fingerprint density at radius 3 is 2.35 bits per heavy atom. The second-order valence-electron chi connectivity index (χ2n) is 7.73. The monoisotopic (exact) mass is 447 g/mol. The molecule has 0 bridgehead atoms. The van der Waals surface area contributed by atoms with Crippen molar-refractivity contribution >= 4 is 34.1 Å². The molecule has 4 nitrogen and oxygen atoms in total. The van der Waals surface area contributed by atoms with Gasteiger partial charge >= 0.3 is 0 Å². The Morgan fingerprint density at radius 1 is 1.00 bits per heavy atom. The highest BCUT2D eigenvalue weighted by molar-refractivity contribution is 6.31. The van der Waals surface area contributed by atoms with E-state index in [1.54, 1.807) is 18.2 Å². The van der Waals surface area contributed by atoms with Crippen molar-refractivity contribution < 1.29 is 18.0 Å². The molecule has 2 aromatic carbocycles. The predicted octanol–water partition coefficient (Wildman–Crippen LogP) is 6.12. The molecule has 4 rings (SSSR count). The van der Waals surface area contributed by atoms with Crippen LogP contribution in [0.2, 0.25) is 5.02 Å². The van der Waals surface area contributed by atoms with Crippen molar-refractivity contribution in [3.8, 4) is 0 Å². The van der Waals surface area contributed by atoms with E-state index in [0.29, 0.717) is 27.2 Å². The summed E-state index contributed by atoms with van der Waals surface area (Å²) in [6.07, 6.45) is 0.357. The number of fused-ring (bicyclic) bond motifs is 1. The van der Waals surface area contributed by atoms with Crippen molar-refractivity contribution in [1.82, 2.24) is 10.3 Å². The normalized spacial score (nSPS) is 18.9. The van der Waals surface area contributed by atoms with E-state index in [9.17, 15) is 18.0 Å². The first-order valence-corrected chi connectivity index (χ1v) is 10.5. The summed E-state index contributed by atoms with van der Waals surface area (Å²) in [5.41, 5.74) is 1.19. The molecule has 0 spiro atoms. The Labute approximate surface area is 182 Å². The van der Waals surface area contributed by atoms with Crippen LogP contribution in [-0.2, 0) is 0 Å². The van der Waals surface area contributed by atoms with Crippen molar-refractivity contribution in [1.29, 1.82) is 0 Å². The molecule has 162 valence electrons. The SMILES string of the molecule is O=C(N[C@H]1CC[C@@H](Nc2cc(C(F)F)nc3ccc(Cl)cc23)CC1)c1ccc(F)cc1. The van der Waals surface area contributed by atoms with Crippen LogP contribution >= 0.6 is 11.6 Å². The van der Waals surface area contributed by atoms with Crippen LogP contribution < -0.4 is 10.6 Å². The summed E-state index contributed by atoms with van der Waals surface area (Å²) in [6, 6.07) is 11.9. The fraction of sp³-hybridized carbons (Fsp3) is 0.304. The van der Waals surface area contributed by atoms with E-state index in [1.165, 1.54) is 30.3 Å². The number of pyridine rings is 1. The number of aromatic nitrogens is 1. The first-order valence-electron chi connectivity index (χ1n) is 10.1. The van der Waals surface area contributed by atoms with Crippen molar-refractivity contribution in [3.05, 3.63) is 70.6 Å². The average Bonchev–Trinajstić information content (AvgIpc) is 2.75. The number of hydrogen-bond acceptors (Lipinski definition) is 3. The van der Waals surface area contributed by atoms with Gasteiger partial charge in [0.1, 0.15) is 11.5 Å². The van der Waals surface area contributed by atoms with Gasteiger partial charge in [0.05, 0.1) is 5.52 Å². The van der Waals surface area contributed by atoms with Crippen LogP contribution in [0.15, 0.2) is 48.5 Å². The number of hydrogen-bond donors (Lipinski definition) is 2. The maximum absolute atomic E-state index is 13.3. The summed E-state index contributed by atoms with van der Waals surface area (Å²) in [4.78, 5) is 16.4. The third-order valence-corrected chi connectivity index (χ3v) is 5.78. The topological polar surface area (TPSA) is 54.0 Å². The third kappa shape index (κ3) is 5.10. The molecule has 0 radical (unpaired) electrons. The molecule has 8 heteroatoms. The minimum absolute atomic E-state index is 0.0101. The molecule has 1 aliphatic carbocycles. The zero-order valence-corrected chi connectivity index (χ0v) is 17.3. The number of carbonyl (C=O) groups is 1. The van der Waals surface area contributed by atoms with E-state index in [-0.39, 0.29) is 29.5 Å². The Bertz CT molecular complexity index is 1080. The van der Waals surface area contributed by atoms with Gasteiger partial charge in [-0.15, -0.1) is 0 Å². The van der Waals surface area contributed by atoms with Crippen LogP contribution in [0.25, 0.3) is 10.9 Å². The number of rotatable bonds is 5. The van der Waals surface area contributed by atoms with Crippen LogP contribution in [0.4, 0.5) is 18.9 Å². The zero-order chi connectivity index (χ0) is 22.0. The largest absolute Gasteiger partial charge is 0.382 e. The minimum Gasteiger partial charge on any atom is -0.382 e. The van der Waals surface area contributed by atoms with E-state index < -0.39 is 6.43 Å². The molecule has 1 amide bonds. The first-order chi connectivity index (χ1) is 14.9. The lowest BCUT2D eigenvalue weighted by Crippen LogP contribution is -2.40. The van der Waals surface area contributed by atoms with Crippen molar-refractivity contribution in [2.24, 2.45) is 0 Å². The van der Waals surface area contributed by atoms with Crippen LogP contribution in [0, 0.1) is 5.82 Å². The maximum Gasteiger partial charge on any atom is 0.280 e. The standard InChI is InChI=1S/C23H21ClF3N3O/c24-14-3-10-19-18(11-14)20(12-21(30-19)22(26)27)28-16-6-8-17(9-7-16)29-23(31)13-1-4-15(25)5-2-13/h1-5,10-12,16-17,22H,6-9H2,(H,28,30)(H,29,31)/t16-,17+. The molecule has 1 aromatic heterocycles. The molecule has 3 aromatic rings. The molecule has 2 N–H and O–H groups in total. The second-order valence-corrected chi connectivity index (χ2v) is 8.17. The van der Waals surface area contributed by atoms with Gasteiger partial charge in [-0.25, -0.2) is 18.2 Å². The molecule has 0 atom stereocenters. The molecule has 31 heavy (non-hydrogen) atoms. The summed E-state index contributed by atoms with van der Waals surface area (Å²) in [6.45, 7) is 0. The molecule has 1 saturated carbocycles. The number of nitrogens with one attached hydrogen (secondary N) is 2. The molecular weight excluding hydrogens is 427 g/mol. The van der Waals surface area contributed by atoms with E-state index in [1.807, 2.05) is 0 Å². The highest BCUT2D eigenvalue weighted by Crippen LogP contribution is 2.32. The Morgan fingerprint density at radius 2 is 1.68 bits per heavy atom. The van der Waals surface area contributed by atoms with Gasteiger partial charge in [-0.2, -0.15) is 0 Å². The lowest BCUT2D eigenvalue weighted by Gasteiger charge is -2.30. The van der Waals surface area contributed by atoms with E-state index in [2.05, 4.69) is 15.6 Å². The number of amides is 1. The van der Waals surface area contributed by atoms with Gasteiger partial charge in [0.25, 0.3) is 12.3 Å². The fourth-order valence-electron chi connectivity index (χ4n) is 3.92. The molecule has 0 unspecified atom stereocenters. The maximum atomic E-state index is 13.3. The number of benzene rings is 2. The lowest BCUT2D eigenvalue weighted by atomic mass is 9.90. The van der Waals surface area contributed by atoms with Crippen LogP contribution in [0.5, 0.6) is 0 Å². The molecular formula is C23H21ClF3N3O. The van der Waals surface area contributed by atoms with Gasteiger partial charge in [-0.3, -0.25) is 4.79 Å². The Balaban J connectivity index is 1.42. The summed E-state index contributed by atoms with van der Waals surface area (Å²) in [7, 11) is 0. The van der Waals surface area contributed by atoms with Crippen molar-refractivity contribution in [2.75, 3.05) is 5.32 Å². The van der Waals surface area contributed by atoms with Gasteiger partial charge in [0.15, 0.2) is 0 Å². The van der Waals surface area contributed by atoms with Crippen LogP contribution in [0.3, 0.4) is 0 Å². The molecule has 1 aliphatic rings. The third-order valence-electron chi connectivity index (χ3n) is 5.54. The minimum atomic E-state index is -2.67. The number of nitrogens with zero attached hydrogens (tertiary/aromatic N) is 1. The summed E-state index contributed by atoms with van der Waals surface area (Å²) < 4.78 is 39.6. The van der Waals surface area contributed by atoms with E-state index in [0.717, 1.165) is 25.7 Å². The average molecular weight is 448 g/mol. The molecule has 0 saturated heterocycles. The van der Waals surface area contributed by atoms with Gasteiger partial charge in [-0.1, -0.05) is 11.6 Å². The first kappa shape index (κ1) is 21.4. The zero-order valence-electron chi connectivity index (χ0n) is 16.5. The molecule has 0 aliphatic heterocycles. The smallest absolute Gasteiger partial charge is 0.280 e. The van der Waals surface area contributed by atoms with E-state index >= 15 is 0 Å². The van der Waals surface area contributed by atoms with Crippen molar-refractivity contribution in [3.63, 3.8) is 0 Å². The number of alkyl halides is 2. The molecule has 1 heterocycles. The van der Waals surface area contributed by atoms with Crippen LogP contribution in [0.1, 0.15) is 48.2 Å². The van der Waals surface area contributed by atoms with Gasteiger partial charge in [-0.05, 0) is 74.2 Å². The van der Waals surface area contributed by atoms with Gasteiger partial charge in [0, 0.05) is 33.7 Å². The second kappa shape index (κ2) is 9.14. The summed E-state index contributed by atoms with van der Waals surface area (Å²) in [5.74, 6) is -0.615. The van der Waals surface area contributed by atoms with Gasteiger partial charge in [0.2, 0.25) is 0 Å². The fourth-order valence-corrected chi connectivity index (χ4v) is 4.09. The number of carbonyl (C=O) groups excluding carboxylic acids is 1. The van der Waals surface area contributed by atoms with E-state index in [4.69, 9.17) is 11.6 Å². The van der Waals surface area contributed by atoms with Crippen LogP contribution in [-0.4, -0.2) is 23.0 Å². The lowest BCUT2D eigenvalue weighted by molar-refractivity contribution is 0.0926. The molecule has 1 fully saturated rings.